The Labute approximate surface area is 172 Å². The minimum absolute atomic E-state index is 0.0684. The molecule has 29 heavy (non-hydrogen) atoms. The number of nitrogens with two attached hydrogens (primary N) is 2. The highest BCUT2D eigenvalue weighted by molar-refractivity contribution is 7.13. The molecule has 0 bridgehead atoms. The van der Waals surface area contributed by atoms with Crippen molar-refractivity contribution in [3.8, 4) is 10.4 Å². The molecule has 1 aliphatic rings. The highest BCUT2D eigenvalue weighted by Crippen LogP contribution is 2.27. The Hall–Kier alpha value is -3.04. The minimum Gasteiger partial charge on any atom is -0.365 e. The van der Waals surface area contributed by atoms with Gasteiger partial charge in [-0.25, -0.2) is 4.98 Å². The highest BCUT2D eigenvalue weighted by atomic mass is 32.1. The first-order valence-electron chi connectivity index (χ1n) is 9.55. The van der Waals surface area contributed by atoms with Crippen LogP contribution in [0.2, 0.25) is 0 Å². The van der Waals surface area contributed by atoms with E-state index in [4.69, 9.17) is 11.5 Å². The van der Waals surface area contributed by atoms with Crippen molar-refractivity contribution in [1.82, 2.24) is 15.0 Å². The molecule has 1 aromatic carbocycles. The van der Waals surface area contributed by atoms with E-state index in [9.17, 15) is 4.79 Å². The lowest BCUT2D eigenvalue weighted by Gasteiger charge is -2.29. The van der Waals surface area contributed by atoms with Crippen LogP contribution in [0.15, 0.2) is 42.2 Å². The Kier molecular flexibility index (Phi) is 5.68. The van der Waals surface area contributed by atoms with E-state index in [2.05, 4.69) is 25.6 Å². The number of thiazole rings is 1. The van der Waals surface area contributed by atoms with E-state index in [0.29, 0.717) is 11.8 Å². The van der Waals surface area contributed by atoms with E-state index >= 15 is 0 Å². The first-order chi connectivity index (χ1) is 14.1. The van der Waals surface area contributed by atoms with Gasteiger partial charge in [-0.05, 0) is 30.5 Å². The largest absolute Gasteiger partial charge is 0.365 e. The van der Waals surface area contributed by atoms with Gasteiger partial charge >= 0.3 is 0 Å². The van der Waals surface area contributed by atoms with Crippen LogP contribution in [0.25, 0.3) is 10.4 Å². The summed E-state index contributed by atoms with van der Waals surface area (Å²) in [5.41, 5.74) is 15.6. The van der Waals surface area contributed by atoms with Crippen LogP contribution in [-0.2, 0) is 0 Å². The second kappa shape index (κ2) is 8.54. The number of hydrogen-bond acceptors (Lipinski definition) is 8. The summed E-state index contributed by atoms with van der Waals surface area (Å²) in [4.78, 5) is 25.8. The Morgan fingerprint density at radius 3 is 2.62 bits per heavy atom. The van der Waals surface area contributed by atoms with Crippen molar-refractivity contribution >= 4 is 34.7 Å². The molecule has 2 aromatic heterocycles. The number of nitrogens with one attached hydrogen (secondary N) is 2. The number of primary amides is 1. The molecule has 0 unspecified atom stereocenters. The van der Waals surface area contributed by atoms with Gasteiger partial charge in [0.1, 0.15) is 11.4 Å². The third-order valence-corrected chi connectivity index (χ3v) is 5.87. The summed E-state index contributed by atoms with van der Waals surface area (Å²) in [7, 11) is 0. The highest BCUT2D eigenvalue weighted by Gasteiger charge is 2.23. The van der Waals surface area contributed by atoms with Crippen LogP contribution >= 0.6 is 11.3 Å². The first-order valence-corrected chi connectivity index (χ1v) is 10.4. The monoisotopic (exact) mass is 409 g/mol. The topological polar surface area (TPSA) is 132 Å². The van der Waals surface area contributed by atoms with Crippen molar-refractivity contribution in [3.05, 3.63) is 47.7 Å². The van der Waals surface area contributed by atoms with Crippen LogP contribution in [0.5, 0.6) is 0 Å². The zero-order valence-electron chi connectivity index (χ0n) is 15.8. The zero-order valence-corrected chi connectivity index (χ0v) is 16.7. The average molecular weight is 410 g/mol. The Bertz CT molecular complexity index is 975. The molecule has 0 aliphatic heterocycles. The summed E-state index contributed by atoms with van der Waals surface area (Å²) in [6, 6.07) is 8.01. The Morgan fingerprint density at radius 1 is 1.14 bits per heavy atom. The number of carbonyl (C=O) groups excluding carboxylic acids is 1. The molecule has 1 amide bonds. The fourth-order valence-corrected chi connectivity index (χ4v) is 4.07. The fraction of sp³-hybridized carbons (Fsp3) is 0.300. The van der Waals surface area contributed by atoms with Crippen molar-refractivity contribution in [2.75, 3.05) is 10.6 Å². The summed E-state index contributed by atoms with van der Waals surface area (Å²) in [6.07, 6.45) is 7.50. The Morgan fingerprint density at radius 2 is 1.93 bits per heavy atom. The normalized spacial score (nSPS) is 18.9. The quantitative estimate of drug-likeness (QED) is 0.492. The van der Waals surface area contributed by atoms with Crippen LogP contribution < -0.4 is 22.1 Å². The number of hydrogen-bond donors (Lipinski definition) is 4. The lowest BCUT2D eigenvalue weighted by molar-refractivity contribution is 0.100. The van der Waals surface area contributed by atoms with Gasteiger partial charge in [-0.1, -0.05) is 25.0 Å². The summed E-state index contributed by atoms with van der Waals surface area (Å²) in [5, 5.41) is 6.49. The molecule has 3 aromatic rings. The van der Waals surface area contributed by atoms with E-state index in [1.807, 2.05) is 30.5 Å². The summed E-state index contributed by atoms with van der Waals surface area (Å²) >= 11 is 1.58. The second-order valence-electron chi connectivity index (χ2n) is 7.09. The molecule has 0 spiro atoms. The van der Waals surface area contributed by atoms with E-state index in [1.165, 1.54) is 6.20 Å². The van der Waals surface area contributed by atoms with Gasteiger partial charge < -0.3 is 22.1 Å². The zero-order chi connectivity index (χ0) is 20.2. The van der Waals surface area contributed by atoms with Crippen molar-refractivity contribution < 1.29 is 4.79 Å². The van der Waals surface area contributed by atoms with Gasteiger partial charge in [0.2, 0.25) is 5.95 Å². The maximum absolute atomic E-state index is 11.8. The van der Waals surface area contributed by atoms with Crippen molar-refractivity contribution in [1.29, 1.82) is 0 Å². The standard InChI is InChI=1S/C20H23N7OS/c21-15-3-1-2-4-16(15)26-20-24-9-14(18(22)28)19(27-20)25-13-7-5-12(6-8-13)17-10-23-11-29-17/h5-11,15-16H,1-4,21H2,(H2,22,28)(H2,24,25,26,27)/t15-,16+/m0/s1. The SMILES string of the molecule is NC(=O)c1cnc(N[C@@H]2CCCC[C@@H]2N)nc1Nc1ccc(-c2cncs2)cc1. The predicted molar refractivity (Wildman–Crippen MR) is 115 cm³/mol. The van der Waals surface area contributed by atoms with Crippen molar-refractivity contribution in [3.63, 3.8) is 0 Å². The van der Waals surface area contributed by atoms with Gasteiger partial charge in [-0.2, -0.15) is 4.98 Å². The minimum atomic E-state index is -0.588. The number of rotatable bonds is 6. The summed E-state index contributed by atoms with van der Waals surface area (Å²) in [5.74, 6) is 0.209. The number of amides is 1. The molecule has 1 fully saturated rings. The molecular formula is C20H23N7OS. The maximum atomic E-state index is 11.8. The molecule has 6 N–H and O–H groups in total. The number of carbonyl (C=O) groups is 1. The lowest BCUT2D eigenvalue weighted by atomic mass is 9.91. The molecule has 9 heteroatoms. The van der Waals surface area contributed by atoms with Gasteiger partial charge in [-0.3, -0.25) is 9.78 Å². The molecule has 2 heterocycles. The van der Waals surface area contributed by atoms with E-state index < -0.39 is 5.91 Å². The van der Waals surface area contributed by atoms with E-state index in [-0.39, 0.29) is 17.6 Å². The lowest BCUT2D eigenvalue weighted by Crippen LogP contribution is -2.43. The van der Waals surface area contributed by atoms with Crippen LogP contribution in [0.4, 0.5) is 17.5 Å². The summed E-state index contributed by atoms with van der Waals surface area (Å²) in [6.45, 7) is 0. The molecule has 1 aliphatic carbocycles. The van der Waals surface area contributed by atoms with E-state index in [0.717, 1.165) is 41.8 Å². The average Bonchev–Trinajstić information content (AvgIpc) is 3.25. The number of nitrogens with zero attached hydrogens (tertiary/aromatic N) is 3. The molecule has 0 saturated heterocycles. The van der Waals surface area contributed by atoms with Gasteiger partial charge in [0.05, 0.1) is 10.4 Å². The molecule has 8 nitrogen and oxygen atoms in total. The van der Waals surface area contributed by atoms with Crippen LogP contribution in [0.3, 0.4) is 0 Å². The van der Waals surface area contributed by atoms with E-state index in [1.54, 1.807) is 16.8 Å². The second-order valence-corrected chi connectivity index (χ2v) is 7.97. The van der Waals surface area contributed by atoms with Gasteiger partial charge in [-0.15, -0.1) is 11.3 Å². The maximum Gasteiger partial charge on any atom is 0.254 e. The third-order valence-electron chi connectivity index (χ3n) is 5.05. The van der Waals surface area contributed by atoms with Crippen LogP contribution in [0, 0.1) is 0 Å². The molecule has 0 radical (unpaired) electrons. The third kappa shape index (κ3) is 4.52. The van der Waals surface area contributed by atoms with Crippen LogP contribution in [-0.4, -0.2) is 32.9 Å². The predicted octanol–water partition coefficient (Wildman–Crippen LogP) is 3.12. The molecule has 4 rings (SSSR count). The van der Waals surface area contributed by atoms with Gasteiger partial charge in [0.15, 0.2) is 0 Å². The smallest absolute Gasteiger partial charge is 0.254 e. The molecule has 2 atom stereocenters. The van der Waals surface area contributed by atoms with Crippen LogP contribution in [0.1, 0.15) is 36.0 Å². The number of anilines is 3. The van der Waals surface area contributed by atoms with Crippen molar-refractivity contribution in [2.24, 2.45) is 11.5 Å². The van der Waals surface area contributed by atoms with Crippen molar-refractivity contribution in [2.45, 2.75) is 37.8 Å². The van der Waals surface area contributed by atoms with Gasteiger partial charge in [0, 0.05) is 30.2 Å². The number of benzene rings is 1. The fourth-order valence-electron chi connectivity index (χ4n) is 3.44. The molecular weight excluding hydrogens is 386 g/mol. The summed E-state index contributed by atoms with van der Waals surface area (Å²) < 4.78 is 0. The molecule has 1 saturated carbocycles. The van der Waals surface area contributed by atoms with Gasteiger partial charge in [0.25, 0.3) is 5.91 Å². The number of aromatic nitrogens is 3. The first kappa shape index (κ1) is 19.3. The Balaban J connectivity index is 1.55. The molecule has 150 valence electrons.